The van der Waals surface area contributed by atoms with E-state index in [4.69, 9.17) is 0 Å². The van der Waals surface area contributed by atoms with Crippen LogP contribution in [-0.4, -0.2) is 5.54 Å². The molecule has 14 rings (SSSR count). The van der Waals surface area contributed by atoms with Gasteiger partial charge in [0.25, 0.3) is 0 Å². The van der Waals surface area contributed by atoms with Gasteiger partial charge in [0.05, 0.1) is 22.3 Å². The van der Waals surface area contributed by atoms with Crippen LogP contribution in [0.25, 0.3) is 55.3 Å². The lowest BCUT2D eigenvalue weighted by Crippen LogP contribution is -2.43. The summed E-state index contributed by atoms with van der Waals surface area (Å²) >= 11 is 0. The monoisotopic (exact) mass is 1060 g/mol. The Morgan fingerprint density at radius 2 is 0.915 bits per heavy atom. The number of fused-ring (bicyclic) bond motifs is 7. The summed E-state index contributed by atoms with van der Waals surface area (Å²) in [4.78, 5) is 5.17. The maximum Gasteiger partial charge on any atom is 0.0732 e. The predicted molar refractivity (Wildman–Crippen MR) is 347 cm³/mol. The van der Waals surface area contributed by atoms with Gasteiger partial charge in [-0.3, -0.25) is 0 Å². The summed E-state index contributed by atoms with van der Waals surface area (Å²) in [6.45, 7) is 16.4. The highest BCUT2D eigenvalue weighted by Crippen LogP contribution is 2.60. The molecule has 82 heavy (non-hydrogen) atoms. The fraction of sp³-hybridized carbons (Fsp3) is 0.150. The van der Waals surface area contributed by atoms with Crippen molar-refractivity contribution in [3.05, 3.63) is 324 Å². The lowest BCUT2D eigenvalue weighted by Gasteiger charge is -2.42. The first-order valence-corrected chi connectivity index (χ1v) is 29.2. The summed E-state index contributed by atoms with van der Waals surface area (Å²) < 4.78 is 0. The first-order valence-electron chi connectivity index (χ1n) is 29.2. The zero-order chi connectivity index (χ0) is 56.0. The third-order valence-corrected chi connectivity index (χ3v) is 18.0. The molecule has 2 heteroatoms. The molecule has 0 N–H and O–H groups in total. The largest absolute Gasteiger partial charge is 0.331 e. The average Bonchev–Trinajstić information content (AvgIpc) is 2.63. The first-order chi connectivity index (χ1) is 39.8. The highest BCUT2D eigenvalue weighted by Gasteiger charge is 2.50. The van der Waals surface area contributed by atoms with Gasteiger partial charge in [0.1, 0.15) is 0 Å². The SMILES string of the molecule is CC(C)(C)c1cc(-c2cccc3cccc(-c4ccccc4N(C4=CC5(C)C(C=C4)c4ccccc4N5c4ccccc4)c4ccccc4-c4cccc5c4-c4ccccc4C5(c4ccccc4)c4ccccc4)c23)cc(C(C)(C)C)c1. The van der Waals surface area contributed by atoms with Crippen molar-refractivity contribution in [2.45, 2.75) is 76.2 Å². The zero-order valence-electron chi connectivity index (χ0n) is 48.0. The molecular formula is C80H68N2. The van der Waals surface area contributed by atoms with Gasteiger partial charge in [0, 0.05) is 34.1 Å². The van der Waals surface area contributed by atoms with E-state index in [1.807, 2.05) is 0 Å². The molecule has 0 bridgehead atoms. The molecule has 0 spiro atoms. The van der Waals surface area contributed by atoms with Gasteiger partial charge in [-0.1, -0.05) is 278 Å². The Balaban J connectivity index is 1.04. The van der Waals surface area contributed by atoms with Gasteiger partial charge in [-0.25, -0.2) is 0 Å². The third-order valence-electron chi connectivity index (χ3n) is 18.0. The molecule has 0 saturated carbocycles. The second-order valence-corrected chi connectivity index (χ2v) is 25.0. The maximum absolute atomic E-state index is 2.59. The zero-order valence-corrected chi connectivity index (χ0v) is 48.0. The van der Waals surface area contributed by atoms with Gasteiger partial charge in [-0.15, -0.1) is 0 Å². The number of nitrogens with zero attached hydrogens (tertiary/aromatic N) is 2. The lowest BCUT2D eigenvalue weighted by molar-refractivity contribution is 0.537. The Hall–Kier alpha value is -9.24. The topological polar surface area (TPSA) is 6.48 Å². The molecule has 2 nitrogen and oxygen atoms in total. The second-order valence-electron chi connectivity index (χ2n) is 25.0. The molecule has 2 unspecified atom stereocenters. The Bertz CT molecular complexity index is 4240. The highest BCUT2D eigenvalue weighted by atomic mass is 15.2. The van der Waals surface area contributed by atoms with Crippen LogP contribution in [0.3, 0.4) is 0 Å². The molecule has 2 aliphatic carbocycles. The fourth-order valence-corrected chi connectivity index (χ4v) is 14.2. The molecular weight excluding hydrogens is 989 g/mol. The van der Waals surface area contributed by atoms with Crippen LogP contribution in [-0.2, 0) is 16.2 Å². The standard InChI is InChI=1S/C80H68N2/c1-77(2,3)58-50-55(51-59(52-58)78(4,5)6)62-40-25-28-54-29-26-41-65(75(54)62)63-36-18-22-45-72(63)81(61-48-49-69-67-38-20-24-47-74(67)82(79(69,7)53-61)60-34-15-10-16-35-60)73-46-23-19-37-64(73)66-42-27-44-71-76(66)68-39-17-21-43-70(68)80(71,56-30-11-8-12-31-56)57-32-13-9-14-33-57/h8-53,69H,1-7H3. The number of rotatable bonds is 9. The number of para-hydroxylation sites is 4. The van der Waals surface area contributed by atoms with Crippen LogP contribution in [0.4, 0.5) is 22.7 Å². The van der Waals surface area contributed by atoms with Crippen molar-refractivity contribution in [1.82, 2.24) is 0 Å². The third kappa shape index (κ3) is 8.06. The van der Waals surface area contributed by atoms with Crippen LogP contribution < -0.4 is 9.80 Å². The lowest BCUT2D eigenvalue weighted by atomic mass is 9.67. The number of allylic oxidation sites excluding steroid dienone is 1. The van der Waals surface area contributed by atoms with E-state index in [0.717, 1.165) is 28.2 Å². The molecule has 0 fully saturated rings. The molecule has 11 aromatic carbocycles. The minimum absolute atomic E-state index is 0.0386. The Morgan fingerprint density at radius 3 is 1.55 bits per heavy atom. The predicted octanol–water partition coefficient (Wildman–Crippen LogP) is 21.1. The van der Waals surface area contributed by atoms with Crippen molar-refractivity contribution in [2.24, 2.45) is 0 Å². The first kappa shape index (κ1) is 50.9. The van der Waals surface area contributed by atoms with Gasteiger partial charge in [-0.05, 0) is 143 Å². The van der Waals surface area contributed by atoms with Gasteiger partial charge >= 0.3 is 0 Å². The van der Waals surface area contributed by atoms with Crippen LogP contribution in [0.2, 0.25) is 0 Å². The van der Waals surface area contributed by atoms with Crippen LogP contribution in [0.15, 0.2) is 285 Å². The molecule has 0 amide bonds. The van der Waals surface area contributed by atoms with Crippen molar-refractivity contribution in [1.29, 1.82) is 0 Å². The average molecular weight is 1060 g/mol. The van der Waals surface area contributed by atoms with E-state index in [1.165, 1.54) is 94.5 Å². The summed E-state index contributed by atoms with van der Waals surface area (Å²) in [6.07, 6.45) is 7.45. The molecule has 1 heterocycles. The second kappa shape index (κ2) is 19.5. The minimum atomic E-state index is -0.547. The van der Waals surface area contributed by atoms with E-state index in [-0.39, 0.29) is 16.7 Å². The summed E-state index contributed by atoms with van der Waals surface area (Å²) in [5.74, 6) is 0.112. The van der Waals surface area contributed by atoms with E-state index < -0.39 is 11.0 Å². The van der Waals surface area contributed by atoms with Crippen LogP contribution in [0, 0.1) is 0 Å². The van der Waals surface area contributed by atoms with Crippen molar-refractivity contribution in [2.75, 3.05) is 9.80 Å². The summed E-state index contributed by atoms with van der Waals surface area (Å²) in [5, 5.41) is 2.46. The molecule has 3 aliphatic rings. The number of hydrogen-bond donors (Lipinski definition) is 0. The van der Waals surface area contributed by atoms with Crippen molar-refractivity contribution >= 4 is 33.5 Å². The van der Waals surface area contributed by atoms with Gasteiger partial charge < -0.3 is 9.80 Å². The molecule has 0 aromatic heterocycles. The van der Waals surface area contributed by atoms with E-state index in [2.05, 4.69) is 337 Å². The van der Waals surface area contributed by atoms with Crippen molar-refractivity contribution < 1.29 is 0 Å². The quantitative estimate of drug-likeness (QED) is 0.142. The summed E-state index contributed by atoms with van der Waals surface area (Å²) in [7, 11) is 0. The summed E-state index contributed by atoms with van der Waals surface area (Å²) in [6, 6.07) is 97.9. The van der Waals surface area contributed by atoms with Gasteiger partial charge in [0.15, 0.2) is 0 Å². The van der Waals surface area contributed by atoms with Crippen LogP contribution in [0.5, 0.6) is 0 Å². The Morgan fingerprint density at radius 1 is 0.427 bits per heavy atom. The van der Waals surface area contributed by atoms with Gasteiger partial charge in [0.2, 0.25) is 0 Å². The Kier molecular flexibility index (Phi) is 12.1. The van der Waals surface area contributed by atoms with Gasteiger partial charge in [-0.2, -0.15) is 0 Å². The van der Waals surface area contributed by atoms with Crippen molar-refractivity contribution in [3.63, 3.8) is 0 Å². The molecule has 398 valence electrons. The van der Waals surface area contributed by atoms with E-state index in [9.17, 15) is 0 Å². The molecule has 2 atom stereocenters. The number of benzene rings is 11. The number of hydrogen-bond acceptors (Lipinski definition) is 2. The molecule has 0 saturated heterocycles. The normalized spacial score (nSPS) is 16.7. The van der Waals surface area contributed by atoms with E-state index in [1.54, 1.807) is 0 Å². The Labute approximate surface area is 485 Å². The van der Waals surface area contributed by atoms with E-state index in [0.29, 0.717) is 0 Å². The molecule has 1 aliphatic heterocycles. The van der Waals surface area contributed by atoms with E-state index >= 15 is 0 Å². The maximum atomic E-state index is 2.59. The summed E-state index contributed by atoms with van der Waals surface area (Å²) in [5.41, 5.74) is 23.4. The minimum Gasteiger partial charge on any atom is -0.331 e. The molecule has 0 radical (unpaired) electrons. The van der Waals surface area contributed by atoms with Crippen LogP contribution >= 0.6 is 0 Å². The fourth-order valence-electron chi connectivity index (χ4n) is 14.2. The van der Waals surface area contributed by atoms with Crippen molar-refractivity contribution in [3.8, 4) is 44.5 Å². The van der Waals surface area contributed by atoms with Crippen LogP contribution in [0.1, 0.15) is 93.3 Å². The number of anilines is 4. The smallest absolute Gasteiger partial charge is 0.0732 e. The molecule has 11 aromatic rings. The highest BCUT2D eigenvalue weighted by molar-refractivity contribution is 6.09.